The highest BCUT2D eigenvalue weighted by Crippen LogP contribution is 2.03. The van der Waals surface area contributed by atoms with Crippen molar-refractivity contribution in [2.24, 2.45) is 0 Å². The fourth-order valence-corrected chi connectivity index (χ4v) is 0.802. The molecule has 4 nitrogen and oxygen atoms in total. The summed E-state index contributed by atoms with van der Waals surface area (Å²) in [6, 6.07) is 0. The molecular formula is C9H16O4. The number of aliphatic hydroxyl groups is 2. The third-order valence-corrected chi connectivity index (χ3v) is 1.47. The van der Waals surface area contributed by atoms with Gasteiger partial charge in [-0.15, -0.1) is 0 Å². The monoisotopic (exact) mass is 188 g/mol. The number of hydrogen-bond acceptors (Lipinski definition) is 4. The Morgan fingerprint density at radius 2 is 1.92 bits per heavy atom. The first-order valence-electron chi connectivity index (χ1n) is 4.31. The van der Waals surface area contributed by atoms with Gasteiger partial charge in [-0.25, -0.2) is 0 Å². The molecule has 0 saturated carbocycles. The van der Waals surface area contributed by atoms with Crippen molar-refractivity contribution >= 4 is 5.97 Å². The van der Waals surface area contributed by atoms with E-state index < -0.39 is 0 Å². The van der Waals surface area contributed by atoms with Gasteiger partial charge in [0.05, 0.1) is 0 Å². The Hall–Kier alpha value is -0.870. The van der Waals surface area contributed by atoms with Gasteiger partial charge in [0, 0.05) is 13.0 Å². The molecule has 0 aliphatic heterocycles. The molecule has 0 saturated heterocycles. The Labute approximate surface area is 77.8 Å². The van der Waals surface area contributed by atoms with Gasteiger partial charge >= 0.3 is 5.97 Å². The van der Waals surface area contributed by atoms with Crippen LogP contribution in [0, 0.1) is 0 Å². The van der Waals surface area contributed by atoms with Gasteiger partial charge in [-0.3, -0.25) is 4.79 Å². The molecule has 0 radical (unpaired) electrons. The van der Waals surface area contributed by atoms with E-state index in [0.29, 0.717) is 19.3 Å². The molecule has 2 N–H and O–H groups in total. The Morgan fingerprint density at radius 3 is 2.46 bits per heavy atom. The van der Waals surface area contributed by atoms with Crippen LogP contribution in [0.25, 0.3) is 0 Å². The summed E-state index contributed by atoms with van der Waals surface area (Å²) in [5.41, 5.74) is 0. The third-order valence-electron chi connectivity index (χ3n) is 1.47. The van der Waals surface area contributed by atoms with E-state index in [4.69, 9.17) is 10.2 Å². The molecular weight excluding hydrogens is 172 g/mol. The lowest BCUT2D eigenvalue weighted by atomic mass is 10.2. The van der Waals surface area contributed by atoms with Crippen LogP contribution in [0.5, 0.6) is 0 Å². The first-order valence-corrected chi connectivity index (χ1v) is 4.31. The summed E-state index contributed by atoms with van der Waals surface area (Å²) >= 11 is 0. The van der Waals surface area contributed by atoms with Crippen molar-refractivity contribution < 1.29 is 19.7 Å². The highest BCUT2D eigenvalue weighted by atomic mass is 16.5. The molecule has 4 heteroatoms. The molecule has 0 amide bonds. The van der Waals surface area contributed by atoms with Crippen LogP contribution in [0.1, 0.15) is 25.7 Å². The molecule has 0 aliphatic carbocycles. The molecule has 0 atom stereocenters. The molecule has 0 aromatic rings. The average molecular weight is 188 g/mol. The fraction of sp³-hybridized carbons (Fsp3) is 0.667. The SMILES string of the molecule is C=C(CO)OC(=O)CCCCCO. The minimum absolute atomic E-state index is 0.0761. The van der Waals surface area contributed by atoms with E-state index >= 15 is 0 Å². The molecule has 13 heavy (non-hydrogen) atoms. The lowest BCUT2D eigenvalue weighted by Gasteiger charge is -2.03. The van der Waals surface area contributed by atoms with E-state index in [1.54, 1.807) is 0 Å². The maximum atomic E-state index is 10.9. The number of rotatable bonds is 7. The molecule has 0 unspecified atom stereocenters. The van der Waals surface area contributed by atoms with Crippen LogP contribution in [-0.4, -0.2) is 29.4 Å². The summed E-state index contributed by atoms with van der Waals surface area (Å²) in [5.74, 6) is -0.302. The van der Waals surface area contributed by atoms with Gasteiger partial charge in [-0.2, -0.15) is 0 Å². The van der Waals surface area contributed by atoms with Crippen LogP contribution in [0.3, 0.4) is 0 Å². The summed E-state index contributed by atoms with van der Waals surface area (Å²) in [6.45, 7) is 3.14. The van der Waals surface area contributed by atoms with Gasteiger partial charge in [0.2, 0.25) is 0 Å². The summed E-state index contributed by atoms with van der Waals surface area (Å²) in [4.78, 5) is 10.9. The highest BCUT2D eigenvalue weighted by molar-refractivity contribution is 5.70. The second-order valence-corrected chi connectivity index (χ2v) is 2.71. The molecule has 0 bridgehead atoms. The summed E-state index contributed by atoms with van der Waals surface area (Å²) < 4.78 is 4.63. The second-order valence-electron chi connectivity index (χ2n) is 2.71. The molecule has 0 spiro atoms. The normalized spacial score (nSPS) is 9.69. The van der Waals surface area contributed by atoms with E-state index in [1.165, 1.54) is 0 Å². The first kappa shape index (κ1) is 12.1. The molecule has 0 aromatic carbocycles. The van der Waals surface area contributed by atoms with Crippen LogP contribution in [0.2, 0.25) is 0 Å². The molecule has 76 valence electrons. The van der Waals surface area contributed by atoms with Gasteiger partial charge < -0.3 is 14.9 Å². The number of hydrogen-bond donors (Lipinski definition) is 2. The Kier molecular flexibility index (Phi) is 7.24. The van der Waals surface area contributed by atoms with Gasteiger partial charge in [0.1, 0.15) is 12.4 Å². The molecule has 0 aromatic heterocycles. The number of aliphatic hydroxyl groups excluding tert-OH is 2. The number of esters is 1. The van der Waals surface area contributed by atoms with Crippen molar-refractivity contribution in [2.75, 3.05) is 13.2 Å². The first-order chi connectivity index (χ1) is 6.20. The van der Waals surface area contributed by atoms with Crippen LogP contribution in [-0.2, 0) is 9.53 Å². The average Bonchev–Trinajstić information content (AvgIpc) is 2.12. The quantitative estimate of drug-likeness (QED) is 0.348. The Bertz CT molecular complexity index is 165. The van der Waals surface area contributed by atoms with Gasteiger partial charge in [0.15, 0.2) is 0 Å². The largest absolute Gasteiger partial charge is 0.429 e. The smallest absolute Gasteiger partial charge is 0.310 e. The third kappa shape index (κ3) is 7.49. The summed E-state index contributed by atoms with van der Waals surface area (Å²) in [5, 5.41) is 16.9. The van der Waals surface area contributed by atoms with Crippen molar-refractivity contribution in [3.05, 3.63) is 12.3 Å². The fourth-order valence-electron chi connectivity index (χ4n) is 0.802. The van der Waals surface area contributed by atoms with Crippen molar-refractivity contribution in [1.82, 2.24) is 0 Å². The highest BCUT2D eigenvalue weighted by Gasteiger charge is 2.03. The van der Waals surface area contributed by atoms with Crippen molar-refractivity contribution in [3.8, 4) is 0 Å². The van der Waals surface area contributed by atoms with Gasteiger partial charge in [0.25, 0.3) is 0 Å². The van der Waals surface area contributed by atoms with E-state index in [9.17, 15) is 4.79 Å². The maximum Gasteiger partial charge on any atom is 0.310 e. The lowest BCUT2D eigenvalue weighted by molar-refractivity contribution is -0.140. The number of ether oxygens (including phenoxy) is 1. The van der Waals surface area contributed by atoms with Crippen molar-refractivity contribution in [2.45, 2.75) is 25.7 Å². The van der Waals surface area contributed by atoms with Crippen LogP contribution in [0.15, 0.2) is 12.3 Å². The van der Waals surface area contributed by atoms with Crippen molar-refractivity contribution in [1.29, 1.82) is 0 Å². The summed E-state index contributed by atoms with van der Waals surface area (Å²) in [6.07, 6.45) is 2.50. The van der Waals surface area contributed by atoms with Crippen LogP contribution in [0.4, 0.5) is 0 Å². The number of carbonyl (C=O) groups is 1. The number of unbranched alkanes of at least 4 members (excludes halogenated alkanes) is 2. The predicted molar refractivity (Wildman–Crippen MR) is 47.9 cm³/mol. The molecule has 0 heterocycles. The molecule has 0 aliphatic rings. The minimum Gasteiger partial charge on any atom is -0.429 e. The topological polar surface area (TPSA) is 66.8 Å². The maximum absolute atomic E-state index is 10.9. The van der Waals surface area contributed by atoms with E-state index in [2.05, 4.69) is 11.3 Å². The number of carbonyl (C=O) groups excluding carboxylic acids is 1. The van der Waals surface area contributed by atoms with Crippen LogP contribution < -0.4 is 0 Å². The standard InChI is InChI=1S/C9H16O4/c1-8(7-11)13-9(12)5-3-2-4-6-10/h10-11H,1-7H2. The van der Waals surface area contributed by atoms with Crippen molar-refractivity contribution in [3.63, 3.8) is 0 Å². The second kappa shape index (κ2) is 7.76. The molecule has 0 fully saturated rings. The zero-order chi connectivity index (χ0) is 10.1. The zero-order valence-corrected chi connectivity index (χ0v) is 7.66. The van der Waals surface area contributed by atoms with Gasteiger partial charge in [-0.1, -0.05) is 13.0 Å². The zero-order valence-electron chi connectivity index (χ0n) is 7.66. The minimum atomic E-state index is -0.378. The van der Waals surface area contributed by atoms with Crippen LogP contribution >= 0.6 is 0 Å². The van der Waals surface area contributed by atoms with Gasteiger partial charge in [-0.05, 0) is 12.8 Å². The lowest BCUT2D eigenvalue weighted by Crippen LogP contribution is -2.05. The summed E-state index contributed by atoms with van der Waals surface area (Å²) in [7, 11) is 0. The van der Waals surface area contributed by atoms with E-state index in [-0.39, 0.29) is 24.9 Å². The van der Waals surface area contributed by atoms with E-state index in [0.717, 1.165) is 6.42 Å². The molecule has 0 rings (SSSR count). The Morgan fingerprint density at radius 1 is 1.23 bits per heavy atom. The van der Waals surface area contributed by atoms with E-state index in [1.807, 2.05) is 0 Å². The Balaban J connectivity index is 3.35. The predicted octanol–water partition coefficient (Wildman–Crippen LogP) is 0.588.